The number of ether oxygens (including phenoxy) is 1. The lowest BCUT2D eigenvalue weighted by Crippen LogP contribution is -2.44. The molecule has 1 heterocycles. The molecule has 186 valence electrons. The molecule has 1 fully saturated rings. The number of nitrogens with zero attached hydrogens (tertiary/aromatic N) is 4. The Bertz CT molecular complexity index is 979. The van der Waals surface area contributed by atoms with Gasteiger partial charge in [-0.15, -0.1) is 0 Å². The first-order valence-electron chi connectivity index (χ1n) is 11.9. The maximum atomic E-state index is 12.5. The summed E-state index contributed by atoms with van der Waals surface area (Å²) in [6.07, 6.45) is 0.0310. The highest BCUT2D eigenvalue weighted by atomic mass is 16.6. The molecule has 0 aliphatic carbocycles. The number of alkyl carbamates (subject to hydrolysis) is 1. The molecule has 3 rings (SSSR count). The number of carbonyl (C=O) groups is 2. The molecule has 2 amide bonds. The van der Waals surface area contributed by atoms with Crippen molar-refractivity contribution in [1.29, 1.82) is 0 Å². The van der Waals surface area contributed by atoms with Crippen molar-refractivity contribution in [2.24, 2.45) is 5.11 Å². The third-order valence-corrected chi connectivity index (χ3v) is 5.86. The van der Waals surface area contributed by atoms with Gasteiger partial charge in [-0.05, 0) is 43.9 Å². The topological polar surface area (TPSA) is 119 Å². The Labute approximate surface area is 206 Å². The normalized spacial score (nSPS) is 18.1. The zero-order valence-electron chi connectivity index (χ0n) is 20.6. The molecule has 2 aromatic rings. The van der Waals surface area contributed by atoms with Gasteiger partial charge in [0.1, 0.15) is 12.1 Å². The molecule has 0 saturated carbocycles. The molecule has 0 radical (unpaired) electrons. The van der Waals surface area contributed by atoms with E-state index in [1.807, 2.05) is 36.4 Å². The van der Waals surface area contributed by atoms with Gasteiger partial charge in [-0.2, -0.15) is 0 Å². The number of amides is 2. The first-order chi connectivity index (χ1) is 16.7. The van der Waals surface area contributed by atoms with E-state index in [1.165, 1.54) is 11.1 Å². The van der Waals surface area contributed by atoms with Crippen molar-refractivity contribution in [2.45, 2.75) is 50.8 Å². The van der Waals surface area contributed by atoms with Gasteiger partial charge in [-0.3, -0.25) is 9.69 Å². The van der Waals surface area contributed by atoms with Gasteiger partial charge in [0, 0.05) is 42.5 Å². The van der Waals surface area contributed by atoms with Crippen LogP contribution in [0.4, 0.5) is 4.79 Å². The molecule has 0 bridgehead atoms. The van der Waals surface area contributed by atoms with E-state index in [0.717, 1.165) is 6.54 Å². The lowest BCUT2D eigenvalue weighted by Gasteiger charge is -2.29. The van der Waals surface area contributed by atoms with Gasteiger partial charge in [-0.1, -0.05) is 65.8 Å². The van der Waals surface area contributed by atoms with Crippen LogP contribution in [0.2, 0.25) is 0 Å². The van der Waals surface area contributed by atoms with Gasteiger partial charge in [0.25, 0.3) is 0 Å². The van der Waals surface area contributed by atoms with Crippen LogP contribution in [0.25, 0.3) is 10.4 Å². The van der Waals surface area contributed by atoms with E-state index < -0.39 is 11.7 Å². The second kappa shape index (κ2) is 12.2. The number of hydrogen-bond donors (Lipinski definition) is 2. The maximum absolute atomic E-state index is 12.5. The third-order valence-electron chi connectivity index (χ3n) is 5.86. The Morgan fingerprint density at radius 1 is 1.11 bits per heavy atom. The SMILES string of the molecule is CC(C)(C)OC(=O)NCC(=O)N[C@H]1C[C@@H](CN=[N+]=[N-])N(CC(c2ccccc2)c2ccccc2)C1. The van der Waals surface area contributed by atoms with Crippen LogP contribution >= 0.6 is 0 Å². The summed E-state index contributed by atoms with van der Waals surface area (Å²) in [6.45, 7) is 6.81. The van der Waals surface area contributed by atoms with E-state index in [4.69, 9.17) is 10.3 Å². The lowest BCUT2D eigenvalue weighted by atomic mass is 9.90. The number of rotatable bonds is 9. The van der Waals surface area contributed by atoms with Crippen LogP contribution < -0.4 is 10.6 Å². The highest BCUT2D eigenvalue weighted by molar-refractivity contribution is 5.82. The van der Waals surface area contributed by atoms with Crippen molar-refractivity contribution in [3.05, 3.63) is 82.2 Å². The van der Waals surface area contributed by atoms with E-state index in [1.54, 1.807) is 20.8 Å². The fourth-order valence-electron chi connectivity index (χ4n) is 4.39. The summed E-state index contributed by atoms with van der Waals surface area (Å²) in [5.41, 5.74) is 10.7. The number of hydrogen-bond acceptors (Lipinski definition) is 5. The summed E-state index contributed by atoms with van der Waals surface area (Å²) in [6, 6.07) is 20.5. The van der Waals surface area contributed by atoms with Crippen LogP contribution in [0.3, 0.4) is 0 Å². The smallest absolute Gasteiger partial charge is 0.408 e. The molecular formula is C26H34N6O3. The fourth-order valence-corrected chi connectivity index (χ4v) is 4.39. The Hall–Kier alpha value is -3.55. The van der Waals surface area contributed by atoms with Crippen molar-refractivity contribution >= 4 is 12.0 Å². The molecule has 1 aliphatic rings. The first kappa shape index (κ1) is 26.1. The molecule has 9 nitrogen and oxygen atoms in total. The van der Waals surface area contributed by atoms with E-state index in [2.05, 4.69) is 49.8 Å². The standard InChI is InChI=1S/C26H34N6O3/c1-26(2,3)35-25(34)28-16-24(33)30-21-14-22(15-29-31-27)32(17-21)18-23(19-10-6-4-7-11-19)20-12-8-5-9-13-20/h4-13,21-23H,14-18H2,1-3H3,(H,28,34)(H,30,33)/t21-,22-/m0/s1. The Morgan fingerprint density at radius 3 is 2.26 bits per heavy atom. The van der Waals surface area contributed by atoms with Crippen LogP contribution in [-0.2, 0) is 9.53 Å². The van der Waals surface area contributed by atoms with Crippen LogP contribution in [0.1, 0.15) is 44.2 Å². The van der Waals surface area contributed by atoms with Gasteiger partial charge in [0.2, 0.25) is 5.91 Å². The highest BCUT2D eigenvalue weighted by Crippen LogP contribution is 2.29. The highest BCUT2D eigenvalue weighted by Gasteiger charge is 2.34. The predicted octanol–water partition coefficient (Wildman–Crippen LogP) is 4.21. The van der Waals surface area contributed by atoms with E-state index in [9.17, 15) is 9.59 Å². The fraction of sp³-hybridized carbons (Fsp3) is 0.462. The largest absolute Gasteiger partial charge is 0.444 e. The molecular weight excluding hydrogens is 444 g/mol. The summed E-state index contributed by atoms with van der Waals surface area (Å²) in [4.78, 5) is 29.6. The van der Waals surface area contributed by atoms with Gasteiger partial charge < -0.3 is 15.4 Å². The second-order valence-corrected chi connectivity index (χ2v) is 9.75. The molecule has 2 aromatic carbocycles. The third kappa shape index (κ3) is 8.31. The molecule has 9 heteroatoms. The number of azide groups is 1. The number of benzene rings is 2. The van der Waals surface area contributed by atoms with Crippen molar-refractivity contribution < 1.29 is 14.3 Å². The average Bonchev–Trinajstić information content (AvgIpc) is 3.20. The molecule has 0 unspecified atom stereocenters. The molecule has 1 saturated heterocycles. The van der Waals surface area contributed by atoms with E-state index in [0.29, 0.717) is 19.5 Å². The van der Waals surface area contributed by atoms with Gasteiger partial charge in [0.15, 0.2) is 0 Å². The predicted molar refractivity (Wildman–Crippen MR) is 135 cm³/mol. The monoisotopic (exact) mass is 478 g/mol. The summed E-state index contributed by atoms with van der Waals surface area (Å²) >= 11 is 0. The summed E-state index contributed by atoms with van der Waals surface area (Å²) < 4.78 is 5.18. The van der Waals surface area contributed by atoms with Crippen LogP contribution in [-0.4, -0.2) is 60.8 Å². The van der Waals surface area contributed by atoms with Crippen molar-refractivity contribution in [3.8, 4) is 0 Å². The summed E-state index contributed by atoms with van der Waals surface area (Å²) in [5, 5.41) is 9.31. The van der Waals surface area contributed by atoms with E-state index in [-0.39, 0.29) is 30.5 Å². The van der Waals surface area contributed by atoms with Crippen LogP contribution in [0.5, 0.6) is 0 Å². The quantitative estimate of drug-likeness (QED) is 0.319. The first-order valence-corrected chi connectivity index (χ1v) is 11.9. The Morgan fingerprint density at radius 2 is 1.71 bits per heavy atom. The minimum Gasteiger partial charge on any atom is -0.444 e. The number of nitrogens with one attached hydrogen (secondary N) is 2. The molecule has 1 aliphatic heterocycles. The molecule has 0 aromatic heterocycles. The van der Waals surface area contributed by atoms with Crippen molar-refractivity contribution in [1.82, 2.24) is 15.5 Å². The van der Waals surface area contributed by atoms with Crippen molar-refractivity contribution in [3.63, 3.8) is 0 Å². The average molecular weight is 479 g/mol. The summed E-state index contributed by atoms with van der Waals surface area (Å²) in [7, 11) is 0. The number of carbonyl (C=O) groups excluding carboxylic acids is 2. The zero-order valence-corrected chi connectivity index (χ0v) is 20.6. The Kier molecular flexibility index (Phi) is 9.11. The molecule has 2 N–H and O–H groups in total. The van der Waals surface area contributed by atoms with Crippen LogP contribution in [0.15, 0.2) is 65.8 Å². The minimum atomic E-state index is -0.630. The number of likely N-dealkylation sites (tertiary alicyclic amines) is 1. The van der Waals surface area contributed by atoms with Gasteiger partial charge in [-0.25, -0.2) is 4.79 Å². The second-order valence-electron chi connectivity index (χ2n) is 9.75. The molecule has 2 atom stereocenters. The maximum Gasteiger partial charge on any atom is 0.408 e. The Balaban J connectivity index is 1.67. The van der Waals surface area contributed by atoms with E-state index >= 15 is 0 Å². The van der Waals surface area contributed by atoms with Crippen LogP contribution in [0, 0.1) is 0 Å². The summed E-state index contributed by atoms with van der Waals surface area (Å²) in [5.74, 6) is -0.151. The lowest BCUT2D eigenvalue weighted by molar-refractivity contribution is -0.120. The van der Waals surface area contributed by atoms with Gasteiger partial charge in [0.05, 0.1) is 0 Å². The molecule has 35 heavy (non-hydrogen) atoms. The van der Waals surface area contributed by atoms with Gasteiger partial charge >= 0.3 is 6.09 Å². The van der Waals surface area contributed by atoms with Crippen molar-refractivity contribution in [2.75, 3.05) is 26.2 Å². The minimum absolute atomic E-state index is 0.00457. The molecule has 0 spiro atoms. The zero-order chi connectivity index (χ0) is 25.3.